The van der Waals surface area contributed by atoms with Crippen LogP contribution < -0.4 is 0 Å². The van der Waals surface area contributed by atoms with Gasteiger partial charge < -0.3 is 9.32 Å². The van der Waals surface area contributed by atoms with Gasteiger partial charge in [-0.3, -0.25) is 14.6 Å². The third-order valence-corrected chi connectivity index (χ3v) is 5.66. The number of likely N-dealkylation sites (tertiary alicyclic amines) is 1. The minimum atomic E-state index is 0.0207. The van der Waals surface area contributed by atoms with Gasteiger partial charge in [0.05, 0.1) is 6.26 Å². The fourth-order valence-corrected chi connectivity index (χ4v) is 4.13. The molecule has 0 unspecified atom stereocenters. The molecule has 26 heavy (non-hydrogen) atoms. The first-order chi connectivity index (χ1) is 12.8. The monoisotopic (exact) mass is 353 g/mol. The van der Waals surface area contributed by atoms with Crippen LogP contribution in [-0.2, 0) is 6.54 Å². The van der Waals surface area contributed by atoms with Crippen molar-refractivity contribution in [2.75, 3.05) is 39.3 Å². The van der Waals surface area contributed by atoms with Crippen molar-refractivity contribution in [3.8, 4) is 0 Å². The van der Waals surface area contributed by atoms with E-state index in [0.29, 0.717) is 11.8 Å². The molecule has 2 saturated heterocycles. The summed E-state index contributed by atoms with van der Waals surface area (Å²) in [5, 5.41) is 0. The lowest BCUT2D eigenvalue weighted by molar-refractivity contribution is 0.0424. The summed E-state index contributed by atoms with van der Waals surface area (Å²) in [4.78, 5) is 19.4. The molecule has 0 saturated carbocycles. The number of furan rings is 1. The number of piperazine rings is 1. The van der Waals surface area contributed by atoms with E-state index in [1.807, 2.05) is 4.90 Å². The molecule has 3 heterocycles. The van der Waals surface area contributed by atoms with Gasteiger partial charge in [-0.05, 0) is 43.6 Å². The summed E-state index contributed by atoms with van der Waals surface area (Å²) in [6.07, 6.45) is 4.00. The number of nitrogens with zero attached hydrogens (tertiary/aromatic N) is 3. The molecule has 2 aliphatic heterocycles. The molecule has 4 rings (SSSR count). The molecule has 0 N–H and O–H groups in total. The molecule has 1 amide bonds. The van der Waals surface area contributed by atoms with E-state index in [-0.39, 0.29) is 5.91 Å². The summed E-state index contributed by atoms with van der Waals surface area (Å²) in [5.74, 6) is 0.472. The van der Waals surface area contributed by atoms with Crippen molar-refractivity contribution in [2.24, 2.45) is 0 Å². The molecule has 0 spiro atoms. The van der Waals surface area contributed by atoms with Gasteiger partial charge in [0.25, 0.3) is 5.91 Å². The molecule has 2 fully saturated rings. The van der Waals surface area contributed by atoms with E-state index in [1.165, 1.54) is 18.4 Å². The summed E-state index contributed by atoms with van der Waals surface area (Å²) in [7, 11) is 0. The summed E-state index contributed by atoms with van der Waals surface area (Å²) in [5.41, 5.74) is 1.40. The fraction of sp³-hybridized carbons (Fsp3) is 0.476. The van der Waals surface area contributed by atoms with Gasteiger partial charge in [0.15, 0.2) is 5.76 Å². The topological polar surface area (TPSA) is 39.9 Å². The van der Waals surface area contributed by atoms with E-state index in [4.69, 9.17) is 4.42 Å². The SMILES string of the molecule is O=C(c1ccco1)N1CCN(C2CCN(Cc3ccccc3)CC2)CC1. The zero-order valence-corrected chi connectivity index (χ0v) is 15.2. The van der Waals surface area contributed by atoms with Crippen molar-refractivity contribution in [3.63, 3.8) is 0 Å². The van der Waals surface area contributed by atoms with Crippen LogP contribution in [0.5, 0.6) is 0 Å². The van der Waals surface area contributed by atoms with Gasteiger partial charge in [0.1, 0.15) is 0 Å². The predicted molar refractivity (Wildman–Crippen MR) is 101 cm³/mol. The molecule has 2 aliphatic rings. The van der Waals surface area contributed by atoms with Gasteiger partial charge in [-0.1, -0.05) is 30.3 Å². The number of rotatable bonds is 4. The van der Waals surface area contributed by atoms with Gasteiger partial charge >= 0.3 is 0 Å². The van der Waals surface area contributed by atoms with Crippen LogP contribution in [0, 0.1) is 0 Å². The van der Waals surface area contributed by atoms with Crippen LogP contribution in [0.1, 0.15) is 29.0 Å². The van der Waals surface area contributed by atoms with E-state index < -0.39 is 0 Å². The third kappa shape index (κ3) is 4.00. The Hall–Kier alpha value is -2.11. The van der Waals surface area contributed by atoms with Gasteiger partial charge in [-0.15, -0.1) is 0 Å². The van der Waals surface area contributed by atoms with Crippen molar-refractivity contribution in [2.45, 2.75) is 25.4 Å². The maximum absolute atomic E-state index is 12.4. The lowest BCUT2D eigenvalue weighted by Crippen LogP contribution is -2.54. The number of hydrogen-bond donors (Lipinski definition) is 0. The quantitative estimate of drug-likeness (QED) is 0.847. The van der Waals surface area contributed by atoms with Crippen LogP contribution in [0.2, 0.25) is 0 Å². The first-order valence-electron chi connectivity index (χ1n) is 9.63. The van der Waals surface area contributed by atoms with Crippen LogP contribution in [0.15, 0.2) is 53.1 Å². The largest absolute Gasteiger partial charge is 0.459 e. The molecule has 5 heteroatoms. The van der Waals surface area contributed by atoms with E-state index in [1.54, 1.807) is 18.4 Å². The Balaban J connectivity index is 1.23. The molecular formula is C21H27N3O2. The van der Waals surface area contributed by atoms with E-state index in [9.17, 15) is 4.79 Å². The molecule has 0 bridgehead atoms. The smallest absolute Gasteiger partial charge is 0.289 e. The Morgan fingerprint density at radius 2 is 1.65 bits per heavy atom. The van der Waals surface area contributed by atoms with Gasteiger partial charge in [-0.2, -0.15) is 0 Å². The minimum absolute atomic E-state index is 0.0207. The number of hydrogen-bond acceptors (Lipinski definition) is 4. The van der Waals surface area contributed by atoms with Gasteiger partial charge in [0.2, 0.25) is 0 Å². The molecule has 138 valence electrons. The van der Waals surface area contributed by atoms with Crippen molar-refractivity contribution >= 4 is 5.91 Å². The first-order valence-corrected chi connectivity index (χ1v) is 9.63. The number of amides is 1. The molecule has 0 atom stereocenters. The number of carbonyl (C=O) groups excluding carboxylic acids is 1. The highest BCUT2D eigenvalue weighted by atomic mass is 16.3. The van der Waals surface area contributed by atoms with Crippen molar-refractivity contribution in [1.82, 2.24) is 14.7 Å². The van der Waals surface area contributed by atoms with Crippen LogP contribution in [0.4, 0.5) is 0 Å². The second-order valence-electron chi connectivity index (χ2n) is 7.30. The van der Waals surface area contributed by atoms with Crippen molar-refractivity contribution in [3.05, 3.63) is 60.1 Å². The lowest BCUT2D eigenvalue weighted by Gasteiger charge is -2.42. The van der Waals surface area contributed by atoms with E-state index in [0.717, 1.165) is 45.8 Å². The molecule has 0 radical (unpaired) electrons. The predicted octanol–water partition coefficient (Wildman–Crippen LogP) is 2.70. The Labute approximate surface area is 155 Å². The van der Waals surface area contributed by atoms with Gasteiger partial charge in [-0.25, -0.2) is 0 Å². The van der Waals surface area contributed by atoms with E-state index >= 15 is 0 Å². The van der Waals surface area contributed by atoms with Crippen molar-refractivity contribution < 1.29 is 9.21 Å². The molecule has 1 aromatic heterocycles. The van der Waals surface area contributed by atoms with E-state index in [2.05, 4.69) is 40.1 Å². The van der Waals surface area contributed by atoms with Crippen LogP contribution in [-0.4, -0.2) is 65.9 Å². The minimum Gasteiger partial charge on any atom is -0.459 e. The lowest BCUT2D eigenvalue weighted by atomic mass is 10.0. The second-order valence-corrected chi connectivity index (χ2v) is 7.30. The highest BCUT2D eigenvalue weighted by Crippen LogP contribution is 2.20. The highest BCUT2D eigenvalue weighted by Gasteiger charge is 2.29. The number of benzene rings is 1. The molecule has 0 aliphatic carbocycles. The highest BCUT2D eigenvalue weighted by molar-refractivity contribution is 5.91. The standard InChI is InChI=1S/C21H27N3O2/c25-21(20-7-4-16-26-20)24-14-12-23(13-15-24)19-8-10-22(11-9-19)17-18-5-2-1-3-6-18/h1-7,16,19H,8-15,17H2. The summed E-state index contributed by atoms with van der Waals surface area (Å²) in [6.45, 7) is 6.90. The normalized spacial score (nSPS) is 20.4. The molecular weight excluding hydrogens is 326 g/mol. The molecule has 2 aromatic rings. The summed E-state index contributed by atoms with van der Waals surface area (Å²) in [6, 6.07) is 14.9. The Kier molecular flexibility index (Phi) is 5.37. The third-order valence-electron chi connectivity index (χ3n) is 5.66. The van der Waals surface area contributed by atoms with Crippen molar-refractivity contribution in [1.29, 1.82) is 0 Å². The molecule has 1 aromatic carbocycles. The average molecular weight is 353 g/mol. The zero-order valence-electron chi connectivity index (χ0n) is 15.2. The maximum atomic E-state index is 12.4. The van der Waals surface area contributed by atoms with Crippen LogP contribution in [0.25, 0.3) is 0 Å². The number of carbonyl (C=O) groups is 1. The Bertz CT molecular complexity index is 685. The number of piperidine rings is 1. The summed E-state index contributed by atoms with van der Waals surface area (Å²) < 4.78 is 5.24. The molecule has 5 nitrogen and oxygen atoms in total. The van der Waals surface area contributed by atoms with Gasteiger partial charge in [0, 0.05) is 38.8 Å². The maximum Gasteiger partial charge on any atom is 0.289 e. The fourth-order valence-electron chi connectivity index (χ4n) is 4.13. The van der Waals surface area contributed by atoms with Crippen LogP contribution in [0.3, 0.4) is 0 Å². The average Bonchev–Trinajstić information content (AvgIpc) is 3.24. The van der Waals surface area contributed by atoms with Crippen LogP contribution >= 0.6 is 0 Å². The zero-order chi connectivity index (χ0) is 17.8. The Morgan fingerprint density at radius 3 is 2.31 bits per heavy atom. The first kappa shape index (κ1) is 17.3. The Morgan fingerprint density at radius 1 is 0.923 bits per heavy atom. The summed E-state index contributed by atoms with van der Waals surface area (Å²) >= 11 is 0. The second kappa shape index (κ2) is 8.06.